The second-order valence-corrected chi connectivity index (χ2v) is 6.22. The molecule has 1 N–H and O–H groups in total. The monoisotopic (exact) mass is 275 g/mol. The Labute approximate surface area is 123 Å². The molecule has 3 heteroatoms. The highest BCUT2D eigenvalue weighted by molar-refractivity contribution is 5.52. The van der Waals surface area contributed by atoms with Crippen LogP contribution in [0.15, 0.2) is 18.5 Å². The van der Waals surface area contributed by atoms with Gasteiger partial charge in [0.1, 0.15) is 0 Å². The molecule has 1 aliphatic carbocycles. The first-order chi connectivity index (χ1) is 9.72. The summed E-state index contributed by atoms with van der Waals surface area (Å²) in [5, 5.41) is 3.50. The maximum absolute atomic E-state index is 4.34. The summed E-state index contributed by atoms with van der Waals surface area (Å²) in [5.41, 5.74) is 2.67. The number of anilines is 1. The summed E-state index contributed by atoms with van der Waals surface area (Å²) in [6.07, 6.45) is 10.5. The van der Waals surface area contributed by atoms with Crippen LogP contribution in [0.5, 0.6) is 0 Å². The summed E-state index contributed by atoms with van der Waals surface area (Å²) < 4.78 is 0. The van der Waals surface area contributed by atoms with Gasteiger partial charge in [0, 0.05) is 25.8 Å². The minimum absolute atomic E-state index is 0.674. The standard InChI is InChI=1S/C17H29N3/c1-4-9-18-12-15-8-10-19-13-17(15)20(3)16-7-5-6-14(2)11-16/h8,10,13-14,16,18H,4-7,9,11-12H2,1-3H3. The van der Waals surface area contributed by atoms with Crippen molar-refractivity contribution in [2.75, 3.05) is 18.5 Å². The van der Waals surface area contributed by atoms with Crippen LogP contribution in [0, 0.1) is 5.92 Å². The molecule has 2 unspecified atom stereocenters. The fraction of sp³-hybridized carbons (Fsp3) is 0.706. The Kier molecular flexibility index (Phi) is 5.84. The van der Waals surface area contributed by atoms with E-state index in [0.29, 0.717) is 6.04 Å². The number of aromatic nitrogens is 1. The van der Waals surface area contributed by atoms with Crippen LogP contribution in [0.3, 0.4) is 0 Å². The minimum atomic E-state index is 0.674. The molecule has 0 aliphatic heterocycles. The summed E-state index contributed by atoms with van der Waals surface area (Å²) >= 11 is 0. The lowest BCUT2D eigenvalue weighted by atomic mass is 9.86. The molecule has 1 saturated carbocycles. The normalized spacial score (nSPS) is 22.8. The molecule has 0 saturated heterocycles. The SMILES string of the molecule is CCCNCc1ccncc1N(C)C1CCCC(C)C1. The van der Waals surface area contributed by atoms with Gasteiger partial charge in [-0.2, -0.15) is 0 Å². The van der Waals surface area contributed by atoms with E-state index in [1.807, 2.05) is 12.4 Å². The first-order valence-electron chi connectivity index (χ1n) is 8.08. The number of pyridine rings is 1. The first-order valence-corrected chi connectivity index (χ1v) is 8.08. The fourth-order valence-corrected chi connectivity index (χ4v) is 3.23. The molecular weight excluding hydrogens is 246 g/mol. The van der Waals surface area contributed by atoms with Crippen molar-refractivity contribution in [3.63, 3.8) is 0 Å². The van der Waals surface area contributed by atoms with E-state index in [-0.39, 0.29) is 0 Å². The van der Waals surface area contributed by atoms with Crippen molar-refractivity contribution in [3.05, 3.63) is 24.0 Å². The van der Waals surface area contributed by atoms with Gasteiger partial charge in [-0.05, 0) is 43.4 Å². The lowest BCUT2D eigenvalue weighted by Gasteiger charge is -2.36. The second-order valence-electron chi connectivity index (χ2n) is 6.22. The Bertz CT molecular complexity index is 405. The van der Waals surface area contributed by atoms with Crippen molar-refractivity contribution in [2.24, 2.45) is 5.92 Å². The van der Waals surface area contributed by atoms with Gasteiger partial charge in [0.2, 0.25) is 0 Å². The minimum Gasteiger partial charge on any atom is -0.370 e. The molecule has 1 aliphatic rings. The highest BCUT2D eigenvalue weighted by Gasteiger charge is 2.23. The van der Waals surface area contributed by atoms with E-state index < -0.39 is 0 Å². The molecule has 0 bridgehead atoms. The predicted molar refractivity (Wildman–Crippen MR) is 86.1 cm³/mol. The molecule has 0 aromatic carbocycles. The lowest BCUT2D eigenvalue weighted by molar-refractivity contribution is 0.336. The second kappa shape index (κ2) is 7.63. The highest BCUT2D eigenvalue weighted by Crippen LogP contribution is 2.30. The van der Waals surface area contributed by atoms with E-state index in [2.05, 4.69) is 42.2 Å². The average molecular weight is 275 g/mol. The Hall–Kier alpha value is -1.09. The summed E-state index contributed by atoms with van der Waals surface area (Å²) in [6.45, 7) is 6.60. The van der Waals surface area contributed by atoms with Crippen molar-refractivity contribution >= 4 is 5.69 Å². The summed E-state index contributed by atoms with van der Waals surface area (Å²) in [6, 6.07) is 2.83. The third-order valence-corrected chi connectivity index (χ3v) is 4.47. The van der Waals surface area contributed by atoms with Gasteiger partial charge in [-0.3, -0.25) is 4.98 Å². The van der Waals surface area contributed by atoms with E-state index in [1.54, 1.807) is 0 Å². The molecular formula is C17H29N3. The molecule has 1 aromatic rings. The number of hydrogen-bond donors (Lipinski definition) is 1. The molecule has 0 spiro atoms. The van der Waals surface area contributed by atoms with Crippen molar-refractivity contribution in [1.29, 1.82) is 0 Å². The molecule has 1 aromatic heterocycles. The van der Waals surface area contributed by atoms with Gasteiger partial charge in [-0.15, -0.1) is 0 Å². The number of nitrogens with one attached hydrogen (secondary N) is 1. The smallest absolute Gasteiger partial charge is 0.0598 e. The van der Waals surface area contributed by atoms with Crippen LogP contribution in [0.1, 0.15) is 51.5 Å². The molecule has 2 atom stereocenters. The molecule has 3 nitrogen and oxygen atoms in total. The van der Waals surface area contributed by atoms with Gasteiger partial charge in [0.15, 0.2) is 0 Å². The summed E-state index contributed by atoms with van der Waals surface area (Å²) in [4.78, 5) is 6.80. The molecule has 0 amide bonds. The Morgan fingerprint density at radius 2 is 2.25 bits per heavy atom. The molecule has 2 rings (SSSR count). The third-order valence-electron chi connectivity index (χ3n) is 4.47. The topological polar surface area (TPSA) is 28.2 Å². The van der Waals surface area contributed by atoms with E-state index in [0.717, 1.165) is 19.0 Å². The van der Waals surface area contributed by atoms with Crippen LogP contribution < -0.4 is 10.2 Å². The van der Waals surface area contributed by atoms with Gasteiger partial charge in [-0.25, -0.2) is 0 Å². The van der Waals surface area contributed by atoms with Crippen LogP contribution >= 0.6 is 0 Å². The van der Waals surface area contributed by atoms with Crippen molar-refractivity contribution in [1.82, 2.24) is 10.3 Å². The largest absolute Gasteiger partial charge is 0.370 e. The number of nitrogens with zero attached hydrogens (tertiary/aromatic N) is 2. The number of hydrogen-bond acceptors (Lipinski definition) is 3. The zero-order valence-corrected chi connectivity index (χ0v) is 13.2. The zero-order valence-electron chi connectivity index (χ0n) is 13.2. The zero-order chi connectivity index (χ0) is 14.4. The van der Waals surface area contributed by atoms with E-state index in [1.165, 1.54) is 43.4 Å². The Balaban J connectivity index is 2.06. The van der Waals surface area contributed by atoms with Crippen LogP contribution in [0.25, 0.3) is 0 Å². The van der Waals surface area contributed by atoms with Gasteiger partial charge in [0.05, 0.1) is 11.9 Å². The predicted octanol–water partition coefficient (Wildman–Crippen LogP) is 3.60. The number of rotatable bonds is 6. The molecule has 0 radical (unpaired) electrons. The molecule has 20 heavy (non-hydrogen) atoms. The van der Waals surface area contributed by atoms with Gasteiger partial charge < -0.3 is 10.2 Å². The van der Waals surface area contributed by atoms with Crippen LogP contribution in [0.2, 0.25) is 0 Å². The lowest BCUT2D eigenvalue weighted by Crippen LogP contribution is -2.36. The maximum atomic E-state index is 4.34. The highest BCUT2D eigenvalue weighted by atomic mass is 15.1. The van der Waals surface area contributed by atoms with Crippen molar-refractivity contribution < 1.29 is 0 Å². The van der Waals surface area contributed by atoms with E-state index in [4.69, 9.17) is 0 Å². The molecule has 1 heterocycles. The summed E-state index contributed by atoms with van der Waals surface area (Å²) in [7, 11) is 2.24. The molecule has 112 valence electrons. The van der Waals surface area contributed by atoms with E-state index >= 15 is 0 Å². The van der Waals surface area contributed by atoms with Gasteiger partial charge >= 0.3 is 0 Å². The van der Waals surface area contributed by atoms with Gasteiger partial charge in [0.25, 0.3) is 0 Å². The average Bonchev–Trinajstić information content (AvgIpc) is 2.47. The van der Waals surface area contributed by atoms with Crippen molar-refractivity contribution in [3.8, 4) is 0 Å². The van der Waals surface area contributed by atoms with Crippen molar-refractivity contribution in [2.45, 2.75) is 58.5 Å². The summed E-state index contributed by atoms with van der Waals surface area (Å²) in [5.74, 6) is 0.856. The van der Waals surface area contributed by atoms with Crippen LogP contribution in [-0.2, 0) is 6.54 Å². The Morgan fingerprint density at radius 1 is 1.40 bits per heavy atom. The first kappa shape index (κ1) is 15.3. The van der Waals surface area contributed by atoms with Gasteiger partial charge in [-0.1, -0.05) is 26.7 Å². The third kappa shape index (κ3) is 3.95. The quantitative estimate of drug-likeness (QED) is 0.804. The molecule has 1 fully saturated rings. The van der Waals surface area contributed by atoms with E-state index in [9.17, 15) is 0 Å². The van der Waals surface area contributed by atoms with Crippen LogP contribution in [0.4, 0.5) is 5.69 Å². The van der Waals surface area contributed by atoms with Crippen LogP contribution in [-0.4, -0.2) is 24.6 Å². The maximum Gasteiger partial charge on any atom is 0.0598 e. The fourth-order valence-electron chi connectivity index (χ4n) is 3.23. The Morgan fingerprint density at radius 3 is 3.00 bits per heavy atom.